The van der Waals surface area contributed by atoms with Gasteiger partial charge in [0.1, 0.15) is 5.82 Å². The molecule has 0 atom stereocenters. The molecule has 0 saturated heterocycles. The lowest BCUT2D eigenvalue weighted by atomic mass is 10.2. The summed E-state index contributed by atoms with van der Waals surface area (Å²) in [6.07, 6.45) is 5.25. The van der Waals surface area contributed by atoms with E-state index in [0.29, 0.717) is 23.9 Å². The molecule has 3 aromatic heterocycles. The number of aromatic nitrogens is 5. The number of fused-ring (bicyclic) bond motifs is 1. The molecule has 3 rings (SSSR count). The number of anilines is 1. The van der Waals surface area contributed by atoms with E-state index >= 15 is 0 Å². The van der Waals surface area contributed by atoms with Crippen molar-refractivity contribution in [1.82, 2.24) is 24.6 Å². The molecular formula is C13H14N6O. The zero-order valence-corrected chi connectivity index (χ0v) is 11.2. The number of aryl methyl sites for hydroxylation is 1. The van der Waals surface area contributed by atoms with E-state index in [2.05, 4.69) is 25.5 Å². The van der Waals surface area contributed by atoms with E-state index in [4.69, 9.17) is 4.74 Å². The summed E-state index contributed by atoms with van der Waals surface area (Å²) in [6.45, 7) is 2.45. The van der Waals surface area contributed by atoms with Crippen molar-refractivity contribution >= 4 is 11.5 Å². The van der Waals surface area contributed by atoms with Crippen LogP contribution in [0.3, 0.4) is 0 Å². The highest BCUT2D eigenvalue weighted by atomic mass is 16.5. The first-order chi connectivity index (χ1) is 9.79. The molecule has 0 spiro atoms. The summed E-state index contributed by atoms with van der Waals surface area (Å²) >= 11 is 0. The van der Waals surface area contributed by atoms with Gasteiger partial charge < -0.3 is 10.1 Å². The number of nitrogens with zero attached hydrogens (tertiary/aromatic N) is 5. The predicted octanol–water partition coefficient (Wildman–Crippen LogP) is 1.45. The second kappa shape index (κ2) is 5.12. The third kappa shape index (κ3) is 2.13. The fraction of sp³-hybridized carbons (Fsp3) is 0.231. The zero-order valence-electron chi connectivity index (χ0n) is 11.2. The second-order valence-electron chi connectivity index (χ2n) is 4.24. The fourth-order valence-electron chi connectivity index (χ4n) is 1.99. The van der Waals surface area contributed by atoms with E-state index in [1.54, 1.807) is 19.5 Å². The lowest BCUT2D eigenvalue weighted by molar-refractivity contribution is 0.393. The Hall–Kier alpha value is -2.70. The van der Waals surface area contributed by atoms with Crippen LogP contribution in [0.1, 0.15) is 11.4 Å². The highest BCUT2D eigenvalue weighted by Gasteiger charge is 2.09. The Labute approximate surface area is 115 Å². The van der Waals surface area contributed by atoms with E-state index < -0.39 is 0 Å². The van der Waals surface area contributed by atoms with Crippen molar-refractivity contribution in [3.63, 3.8) is 0 Å². The Balaban J connectivity index is 1.87. The largest absolute Gasteiger partial charge is 0.481 e. The molecule has 7 nitrogen and oxygen atoms in total. The molecule has 0 unspecified atom stereocenters. The third-order valence-corrected chi connectivity index (χ3v) is 2.99. The van der Waals surface area contributed by atoms with Crippen LogP contribution in [0.2, 0.25) is 0 Å². The maximum atomic E-state index is 5.22. The van der Waals surface area contributed by atoms with Gasteiger partial charge in [0, 0.05) is 30.7 Å². The number of pyridine rings is 1. The van der Waals surface area contributed by atoms with Crippen molar-refractivity contribution in [1.29, 1.82) is 0 Å². The van der Waals surface area contributed by atoms with Crippen molar-refractivity contribution in [2.45, 2.75) is 13.5 Å². The standard InChI is InChI=1S/C13H14N6O/c1-9-17-18-12-11(14-6-7-19(9)12)16-8-10-4-3-5-15-13(10)20-2/h3-7H,8H2,1-2H3,(H,14,16). The van der Waals surface area contributed by atoms with Crippen molar-refractivity contribution in [3.8, 4) is 5.88 Å². The van der Waals surface area contributed by atoms with Crippen LogP contribution in [0.25, 0.3) is 5.65 Å². The molecule has 1 N–H and O–H groups in total. The number of methoxy groups -OCH3 is 1. The molecular weight excluding hydrogens is 256 g/mol. The molecule has 3 heterocycles. The minimum absolute atomic E-state index is 0.551. The Kier molecular flexibility index (Phi) is 3.16. The molecule has 7 heteroatoms. The van der Waals surface area contributed by atoms with Gasteiger partial charge in [-0.2, -0.15) is 0 Å². The highest BCUT2D eigenvalue weighted by Crippen LogP contribution is 2.17. The molecule has 102 valence electrons. The Morgan fingerprint density at radius 3 is 3.00 bits per heavy atom. The summed E-state index contributed by atoms with van der Waals surface area (Å²) in [7, 11) is 1.60. The molecule has 0 radical (unpaired) electrons. The molecule has 0 aliphatic carbocycles. The van der Waals surface area contributed by atoms with Gasteiger partial charge in [-0.25, -0.2) is 9.97 Å². The Morgan fingerprint density at radius 2 is 2.15 bits per heavy atom. The van der Waals surface area contributed by atoms with E-state index in [9.17, 15) is 0 Å². The van der Waals surface area contributed by atoms with E-state index in [1.165, 1.54) is 0 Å². The molecule has 3 aromatic rings. The first kappa shape index (κ1) is 12.3. The normalized spacial score (nSPS) is 10.7. The van der Waals surface area contributed by atoms with Gasteiger partial charge in [0.2, 0.25) is 11.5 Å². The summed E-state index contributed by atoms with van der Waals surface area (Å²) in [5.74, 6) is 2.10. The van der Waals surface area contributed by atoms with Gasteiger partial charge in [-0.15, -0.1) is 10.2 Å². The molecule has 0 amide bonds. The average Bonchev–Trinajstić information content (AvgIpc) is 2.88. The van der Waals surface area contributed by atoms with Crippen molar-refractivity contribution < 1.29 is 4.74 Å². The number of hydrogen-bond acceptors (Lipinski definition) is 6. The van der Waals surface area contributed by atoms with Gasteiger partial charge in [-0.1, -0.05) is 6.07 Å². The summed E-state index contributed by atoms with van der Waals surface area (Å²) in [4.78, 5) is 8.46. The molecule has 0 aromatic carbocycles. The molecule has 20 heavy (non-hydrogen) atoms. The maximum absolute atomic E-state index is 5.22. The van der Waals surface area contributed by atoms with Crippen LogP contribution >= 0.6 is 0 Å². The van der Waals surface area contributed by atoms with Crippen LogP contribution in [0.5, 0.6) is 5.88 Å². The van der Waals surface area contributed by atoms with Gasteiger partial charge in [0.15, 0.2) is 5.82 Å². The first-order valence-corrected chi connectivity index (χ1v) is 6.17. The minimum Gasteiger partial charge on any atom is -0.481 e. The van der Waals surface area contributed by atoms with Gasteiger partial charge in [0.05, 0.1) is 7.11 Å². The number of rotatable bonds is 4. The first-order valence-electron chi connectivity index (χ1n) is 6.17. The smallest absolute Gasteiger partial charge is 0.218 e. The van der Waals surface area contributed by atoms with Crippen LogP contribution in [0, 0.1) is 6.92 Å². The van der Waals surface area contributed by atoms with E-state index in [1.807, 2.05) is 29.7 Å². The zero-order chi connectivity index (χ0) is 13.9. The van der Waals surface area contributed by atoms with Gasteiger partial charge in [0.25, 0.3) is 0 Å². The molecule has 0 aliphatic rings. The monoisotopic (exact) mass is 270 g/mol. The fourth-order valence-corrected chi connectivity index (χ4v) is 1.99. The van der Waals surface area contributed by atoms with Crippen molar-refractivity contribution in [3.05, 3.63) is 42.1 Å². The van der Waals surface area contributed by atoms with Crippen molar-refractivity contribution in [2.24, 2.45) is 0 Å². The van der Waals surface area contributed by atoms with Crippen LogP contribution in [0.15, 0.2) is 30.7 Å². The van der Waals surface area contributed by atoms with Gasteiger partial charge in [-0.05, 0) is 13.0 Å². The average molecular weight is 270 g/mol. The van der Waals surface area contributed by atoms with Crippen molar-refractivity contribution in [2.75, 3.05) is 12.4 Å². The SMILES string of the molecule is COc1ncccc1CNc1nccn2c(C)nnc12. The topological polar surface area (TPSA) is 77.2 Å². The molecule has 0 saturated carbocycles. The quantitative estimate of drug-likeness (QED) is 0.773. The van der Waals surface area contributed by atoms with Gasteiger partial charge >= 0.3 is 0 Å². The molecule has 0 fully saturated rings. The number of hydrogen-bond donors (Lipinski definition) is 1. The lowest BCUT2D eigenvalue weighted by Crippen LogP contribution is -2.05. The number of nitrogens with one attached hydrogen (secondary N) is 1. The second-order valence-corrected chi connectivity index (χ2v) is 4.24. The maximum Gasteiger partial charge on any atom is 0.218 e. The summed E-state index contributed by atoms with van der Waals surface area (Å²) < 4.78 is 7.11. The summed E-state index contributed by atoms with van der Waals surface area (Å²) in [5, 5.41) is 11.4. The predicted molar refractivity (Wildman–Crippen MR) is 73.6 cm³/mol. The number of ether oxygens (including phenoxy) is 1. The summed E-state index contributed by atoms with van der Waals surface area (Å²) in [6, 6.07) is 3.82. The third-order valence-electron chi connectivity index (χ3n) is 2.99. The summed E-state index contributed by atoms with van der Waals surface area (Å²) in [5.41, 5.74) is 1.66. The minimum atomic E-state index is 0.551. The van der Waals surface area contributed by atoms with E-state index in [-0.39, 0.29) is 0 Å². The van der Waals surface area contributed by atoms with Gasteiger partial charge in [-0.3, -0.25) is 4.40 Å². The van der Waals surface area contributed by atoms with Crippen LogP contribution in [-0.2, 0) is 6.54 Å². The van der Waals surface area contributed by atoms with Crippen LogP contribution < -0.4 is 10.1 Å². The van der Waals surface area contributed by atoms with Crippen LogP contribution in [-0.4, -0.2) is 31.7 Å². The molecule has 0 aliphatic heterocycles. The van der Waals surface area contributed by atoms with Crippen LogP contribution in [0.4, 0.5) is 5.82 Å². The van der Waals surface area contributed by atoms with E-state index in [0.717, 1.165) is 11.4 Å². The molecule has 0 bridgehead atoms. The highest BCUT2D eigenvalue weighted by molar-refractivity contribution is 5.62. The lowest BCUT2D eigenvalue weighted by Gasteiger charge is -2.09. The Bertz CT molecular complexity index is 739. The Morgan fingerprint density at radius 1 is 1.25 bits per heavy atom.